The number of hydrogen-bond donors (Lipinski definition) is 2. The van der Waals surface area contributed by atoms with Crippen molar-refractivity contribution in [1.82, 2.24) is 0 Å². The summed E-state index contributed by atoms with van der Waals surface area (Å²) in [6, 6.07) is 0. The summed E-state index contributed by atoms with van der Waals surface area (Å²) in [5.74, 6) is -0.756. The van der Waals surface area contributed by atoms with Crippen molar-refractivity contribution in [3.8, 4) is 0 Å². The van der Waals surface area contributed by atoms with Crippen LogP contribution in [0.25, 0.3) is 0 Å². The number of aliphatic hydroxyl groups is 2. The molecule has 0 saturated heterocycles. The summed E-state index contributed by atoms with van der Waals surface area (Å²) in [6.45, 7) is 7.07. The predicted octanol–water partition coefficient (Wildman–Crippen LogP) is 2.14. The Morgan fingerprint density at radius 1 is 1.35 bits per heavy atom. The van der Waals surface area contributed by atoms with Gasteiger partial charge >= 0.3 is 5.97 Å². The lowest BCUT2D eigenvalue weighted by molar-refractivity contribution is -0.146. The molecular weight excluding hydrogens is 296 g/mol. The van der Waals surface area contributed by atoms with Crippen LogP contribution in [0, 0.1) is 5.92 Å². The monoisotopic (exact) mass is 324 g/mol. The minimum Gasteiger partial charge on any atom is -0.459 e. The number of esters is 1. The minimum atomic E-state index is -1.28. The first kappa shape index (κ1) is 19.6. The normalized spacial score (nSPS) is 42.0. The number of ether oxygens (including phenoxy) is 2. The zero-order chi connectivity index (χ0) is 17.6. The lowest BCUT2D eigenvalue weighted by Gasteiger charge is -2.25. The van der Waals surface area contributed by atoms with Gasteiger partial charge in [-0.1, -0.05) is 25.2 Å². The number of aliphatic hydroxyl groups excluding tert-OH is 1. The van der Waals surface area contributed by atoms with Crippen LogP contribution >= 0.6 is 0 Å². The summed E-state index contributed by atoms with van der Waals surface area (Å²) in [7, 11) is 1.58. The van der Waals surface area contributed by atoms with Gasteiger partial charge in [-0.05, 0) is 38.8 Å². The molecule has 1 aliphatic heterocycles. The highest BCUT2D eigenvalue weighted by Crippen LogP contribution is 2.19. The Bertz CT molecular complexity index is 490. The van der Waals surface area contributed by atoms with Gasteiger partial charge in [-0.3, -0.25) is 0 Å². The molecule has 0 radical (unpaired) electrons. The predicted molar refractivity (Wildman–Crippen MR) is 88.8 cm³/mol. The number of hydrogen-bond acceptors (Lipinski definition) is 5. The van der Waals surface area contributed by atoms with E-state index < -0.39 is 23.8 Å². The molecule has 5 nitrogen and oxygen atoms in total. The SMILES string of the molecule is CO[C@H]1/C=C/[C@@](C)(O)/C=C/C(=O)O[C@H](C)[C@@H](C)[C@@H](O)C/C=C/1C. The Morgan fingerprint density at radius 3 is 2.61 bits per heavy atom. The van der Waals surface area contributed by atoms with Gasteiger partial charge < -0.3 is 19.7 Å². The van der Waals surface area contributed by atoms with Crippen LogP contribution in [0.4, 0.5) is 0 Å². The maximum absolute atomic E-state index is 11.8. The van der Waals surface area contributed by atoms with Gasteiger partial charge in [0.05, 0.1) is 17.8 Å². The molecule has 1 rings (SSSR count). The van der Waals surface area contributed by atoms with Crippen LogP contribution in [0.1, 0.15) is 34.1 Å². The molecule has 130 valence electrons. The Labute approximate surface area is 138 Å². The highest BCUT2D eigenvalue weighted by Gasteiger charge is 2.24. The van der Waals surface area contributed by atoms with Crippen molar-refractivity contribution in [3.63, 3.8) is 0 Å². The lowest BCUT2D eigenvalue weighted by Crippen LogP contribution is -2.31. The van der Waals surface area contributed by atoms with Crippen LogP contribution in [0.5, 0.6) is 0 Å². The molecule has 23 heavy (non-hydrogen) atoms. The molecule has 0 aliphatic carbocycles. The van der Waals surface area contributed by atoms with E-state index in [0.29, 0.717) is 6.42 Å². The molecule has 5 heteroatoms. The third-order valence-corrected chi connectivity index (χ3v) is 4.20. The van der Waals surface area contributed by atoms with E-state index in [2.05, 4.69) is 0 Å². The molecule has 0 spiro atoms. The smallest absolute Gasteiger partial charge is 0.330 e. The van der Waals surface area contributed by atoms with Gasteiger partial charge in [0.2, 0.25) is 0 Å². The van der Waals surface area contributed by atoms with E-state index in [4.69, 9.17) is 9.47 Å². The maximum atomic E-state index is 11.8. The molecule has 1 heterocycles. The van der Waals surface area contributed by atoms with Crippen molar-refractivity contribution >= 4 is 5.97 Å². The first-order chi connectivity index (χ1) is 10.7. The molecule has 0 bridgehead atoms. The molecule has 0 aromatic rings. The first-order valence-electron chi connectivity index (χ1n) is 7.85. The Balaban J connectivity index is 3.13. The quantitative estimate of drug-likeness (QED) is 0.571. The van der Waals surface area contributed by atoms with Crippen molar-refractivity contribution in [3.05, 3.63) is 36.0 Å². The van der Waals surface area contributed by atoms with E-state index in [1.54, 1.807) is 33.1 Å². The fourth-order valence-electron chi connectivity index (χ4n) is 2.27. The minimum absolute atomic E-state index is 0.212. The number of carbonyl (C=O) groups excluding carboxylic acids is 1. The molecule has 0 amide bonds. The zero-order valence-electron chi connectivity index (χ0n) is 14.5. The molecule has 0 saturated carbocycles. The largest absolute Gasteiger partial charge is 0.459 e. The van der Waals surface area contributed by atoms with Crippen LogP contribution < -0.4 is 0 Å². The van der Waals surface area contributed by atoms with Gasteiger partial charge in [0.15, 0.2) is 0 Å². The topological polar surface area (TPSA) is 76.0 Å². The average molecular weight is 324 g/mol. The van der Waals surface area contributed by atoms with Gasteiger partial charge in [0.25, 0.3) is 0 Å². The zero-order valence-corrected chi connectivity index (χ0v) is 14.5. The lowest BCUT2D eigenvalue weighted by atomic mass is 9.95. The maximum Gasteiger partial charge on any atom is 0.330 e. The number of cyclic esters (lactones) is 1. The molecule has 0 fully saturated rings. The van der Waals surface area contributed by atoms with Gasteiger partial charge in [-0.2, -0.15) is 0 Å². The molecule has 1 aliphatic rings. The summed E-state index contributed by atoms with van der Waals surface area (Å²) in [5.41, 5.74) is -0.342. The number of carbonyl (C=O) groups is 1. The van der Waals surface area contributed by atoms with Crippen LogP contribution in [0.3, 0.4) is 0 Å². The van der Waals surface area contributed by atoms with E-state index >= 15 is 0 Å². The third-order valence-electron chi connectivity index (χ3n) is 4.20. The summed E-state index contributed by atoms with van der Waals surface area (Å²) < 4.78 is 10.7. The summed E-state index contributed by atoms with van der Waals surface area (Å²) in [5, 5.41) is 20.5. The first-order valence-corrected chi connectivity index (χ1v) is 7.85. The van der Waals surface area contributed by atoms with Gasteiger partial charge in [-0.25, -0.2) is 4.79 Å². The van der Waals surface area contributed by atoms with Crippen LogP contribution in [-0.4, -0.2) is 47.2 Å². The second kappa shape index (κ2) is 8.43. The molecule has 0 aromatic heterocycles. The van der Waals surface area contributed by atoms with Crippen molar-refractivity contribution < 1.29 is 24.5 Å². The van der Waals surface area contributed by atoms with Crippen molar-refractivity contribution in [1.29, 1.82) is 0 Å². The van der Waals surface area contributed by atoms with Crippen LogP contribution in [0.2, 0.25) is 0 Å². The number of methoxy groups -OCH3 is 1. The van der Waals surface area contributed by atoms with Gasteiger partial charge in [-0.15, -0.1) is 0 Å². The fraction of sp³-hybridized carbons (Fsp3) is 0.611. The van der Waals surface area contributed by atoms with E-state index in [1.807, 2.05) is 19.9 Å². The average Bonchev–Trinajstić information content (AvgIpc) is 2.49. The second-order valence-electron chi connectivity index (χ2n) is 6.33. The molecule has 5 atom stereocenters. The van der Waals surface area contributed by atoms with Crippen molar-refractivity contribution in [2.45, 2.75) is 58.0 Å². The highest BCUT2D eigenvalue weighted by molar-refractivity contribution is 5.82. The summed E-state index contributed by atoms with van der Waals surface area (Å²) >= 11 is 0. The molecule has 0 aromatic carbocycles. The van der Waals surface area contributed by atoms with E-state index in [-0.39, 0.29) is 12.0 Å². The van der Waals surface area contributed by atoms with E-state index in [9.17, 15) is 15.0 Å². The molecule has 2 N–H and O–H groups in total. The summed E-state index contributed by atoms with van der Waals surface area (Å²) in [6.07, 6.45) is 6.86. The van der Waals surface area contributed by atoms with E-state index in [0.717, 1.165) is 5.57 Å². The Kier molecular flexibility index (Phi) is 7.19. The van der Waals surface area contributed by atoms with Crippen LogP contribution in [0.15, 0.2) is 36.0 Å². The van der Waals surface area contributed by atoms with Crippen molar-refractivity contribution in [2.24, 2.45) is 5.92 Å². The van der Waals surface area contributed by atoms with Gasteiger partial charge in [0.1, 0.15) is 6.10 Å². The Hall–Kier alpha value is -1.43. The van der Waals surface area contributed by atoms with E-state index in [1.165, 1.54) is 12.2 Å². The standard InChI is InChI=1S/C18H28O5/c1-12-6-7-15(19)13(2)14(3)23-17(20)9-11-18(4,21)10-8-16(12)22-5/h6,8-11,13-16,19,21H,7H2,1-5H3/b10-8+,11-9+,12-6+/t13-,14-,15+,16+,18-/m1/s1. The van der Waals surface area contributed by atoms with Crippen LogP contribution in [-0.2, 0) is 14.3 Å². The fourth-order valence-corrected chi connectivity index (χ4v) is 2.27. The second-order valence-corrected chi connectivity index (χ2v) is 6.33. The molecular formula is C18H28O5. The Morgan fingerprint density at radius 2 is 2.00 bits per heavy atom. The number of rotatable bonds is 1. The third kappa shape index (κ3) is 6.29. The summed E-state index contributed by atoms with van der Waals surface area (Å²) in [4.78, 5) is 11.8. The van der Waals surface area contributed by atoms with Gasteiger partial charge in [0, 0.05) is 19.1 Å². The molecule has 0 unspecified atom stereocenters. The highest BCUT2D eigenvalue weighted by atomic mass is 16.5. The van der Waals surface area contributed by atoms with Crippen molar-refractivity contribution in [2.75, 3.05) is 7.11 Å².